The van der Waals surface area contributed by atoms with E-state index in [9.17, 15) is 4.79 Å². The molecule has 5 atom stereocenters. The van der Waals surface area contributed by atoms with Crippen molar-refractivity contribution >= 4 is 30.7 Å². The zero-order valence-corrected chi connectivity index (χ0v) is 16.5. The lowest BCUT2D eigenvalue weighted by atomic mass is 9.82. The molecule has 0 saturated carbocycles. The zero-order valence-electron chi connectivity index (χ0n) is 14.9. The molecule has 3 saturated heterocycles. The summed E-state index contributed by atoms with van der Waals surface area (Å²) in [5, 5.41) is 6.71. The third kappa shape index (κ3) is 3.82. The monoisotopic (exact) mass is 385 g/mol. The first-order valence-corrected chi connectivity index (χ1v) is 8.96. The molecule has 1 amide bonds. The highest BCUT2D eigenvalue weighted by atomic mass is 35.5. The Labute approximate surface area is 162 Å². The van der Waals surface area contributed by atoms with E-state index in [2.05, 4.69) is 53.6 Å². The van der Waals surface area contributed by atoms with Crippen molar-refractivity contribution in [3.8, 4) is 0 Å². The topological polar surface area (TPSA) is 44.4 Å². The van der Waals surface area contributed by atoms with E-state index < -0.39 is 0 Å². The summed E-state index contributed by atoms with van der Waals surface area (Å²) < 4.78 is 0. The Bertz CT molecular complexity index is 577. The third-order valence-electron chi connectivity index (χ3n) is 6.19. The molecule has 140 valence electrons. The van der Waals surface area contributed by atoms with Crippen molar-refractivity contribution in [2.24, 2.45) is 11.8 Å². The third-order valence-corrected chi connectivity index (χ3v) is 6.19. The molecule has 1 unspecified atom stereocenters. The van der Waals surface area contributed by atoms with Gasteiger partial charge in [-0.3, -0.25) is 9.69 Å². The van der Waals surface area contributed by atoms with E-state index in [4.69, 9.17) is 0 Å². The van der Waals surface area contributed by atoms with Gasteiger partial charge in [0.2, 0.25) is 5.91 Å². The number of rotatable bonds is 4. The molecule has 4 nitrogen and oxygen atoms in total. The average molecular weight is 386 g/mol. The van der Waals surface area contributed by atoms with Crippen molar-refractivity contribution < 1.29 is 4.79 Å². The van der Waals surface area contributed by atoms with Gasteiger partial charge in [0.05, 0.1) is 12.6 Å². The highest BCUT2D eigenvalue weighted by molar-refractivity contribution is 5.85. The summed E-state index contributed by atoms with van der Waals surface area (Å²) in [7, 11) is 0. The van der Waals surface area contributed by atoms with E-state index >= 15 is 0 Å². The van der Waals surface area contributed by atoms with Crippen LogP contribution < -0.4 is 10.6 Å². The maximum Gasteiger partial charge on any atom is 0.234 e. The standard InChI is InChI=1S/C19H27N3O.2ClH/c1-12-3-5-14(6-4-12)13(2)21-19(23)11-22-17-7-8-18(22)16-10-20-9-15(16)17;;/h3-6,13,15-18,20H,7-11H2,1-2H3,(H,21,23);2*1H/t13?,15-,16+,17-,18+;;. The van der Waals surface area contributed by atoms with Crippen molar-refractivity contribution in [3.05, 3.63) is 35.4 Å². The SMILES string of the molecule is Cc1ccc(C(C)NC(=O)CN2[C@@H]3CC[C@H]2[C@H]2CNC[C@H]23)cc1.Cl.Cl. The fourth-order valence-electron chi connectivity index (χ4n) is 5.03. The number of halogens is 2. The smallest absolute Gasteiger partial charge is 0.234 e. The first-order chi connectivity index (χ1) is 11.1. The second-order valence-electron chi connectivity index (χ2n) is 7.57. The highest BCUT2D eigenvalue weighted by Gasteiger charge is 2.54. The van der Waals surface area contributed by atoms with Gasteiger partial charge in [0.25, 0.3) is 0 Å². The van der Waals surface area contributed by atoms with Crippen LogP contribution in [0.3, 0.4) is 0 Å². The summed E-state index contributed by atoms with van der Waals surface area (Å²) in [4.78, 5) is 15.0. The number of hydrogen-bond acceptors (Lipinski definition) is 3. The molecule has 2 N–H and O–H groups in total. The van der Waals surface area contributed by atoms with Crippen molar-refractivity contribution in [3.63, 3.8) is 0 Å². The predicted molar refractivity (Wildman–Crippen MR) is 106 cm³/mol. The summed E-state index contributed by atoms with van der Waals surface area (Å²) in [6.45, 7) is 7.01. The Hall–Kier alpha value is -0.810. The first kappa shape index (κ1) is 20.5. The Balaban J connectivity index is 0.00000113. The van der Waals surface area contributed by atoms with Gasteiger partial charge < -0.3 is 10.6 Å². The largest absolute Gasteiger partial charge is 0.348 e. The summed E-state index contributed by atoms with van der Waals surface area (Å²) >= 11 is 0. The number of nitrogens with one attached hydrogen (secondary N) is 2. The van der Waals surface area contributed by atoms with Gasteiger partial charge in [-0.2, -0.15) is 0 Å². The van der Waals surface area contributed by atoms with E-state index in [0.29, 0.717) is 18.6 Å². The fourth-order valence-corrected chi connectivity index (χ4v) is 5.03. The molecule has 3 aliphatic rings. The lowest BCUT2D eigenvalue weighted by Crippen LogP contribution is -2.42. The lowest BCUT2D eigenvalue weighted by molar-refractivity contribution is -0.123. The summed E-state index contributed by atoms with van der Waals surface area (Å²) in [6.07, 6.45) is 2.54. The Morgan fingerprint density at radius 1 is 1.16 bits per heavy atom. The van der Waals surface area contributed by atoms with Crippen LogP contribution in [-0.2, 0) is 4.79 Å². The zero-order chi connectivity index (χ0) is 16.0. The minimum atomic E-state index is 0. The lowest BCUT2D eigenvalue weighted by Gasteiger charge is -2.24. The fraction of sp³-hybridized carbons (Fsp3) is 0.632. The van der Waals surface area contributed by atoms with Crippen molar-refractivity contribution in [1.82, 2.24) is 15.5 Å². The quantitative estimate of drug-likeness (QED) is 0.837. The number of carbonyl (C=O) groups excluding carboxylic acids is 1. The minimum absolute atomic E-state index is 0. The number of nitrogens with zero attached hydrogens (tertiary/aromatic N) is 1. The van der Waals surface area contributed by atoms with Gasteiger partial charge >= 0.3 is 0 Å². The molecule has 3 fully saturated rings. The van der Waals surface area contributed by atoms with E-state index in [1.54, 1.807) is 0 Å². The molecule has 0 spiro atoms. The van der Waals surface area contributed by atoms with Gasteiger partial charge in [0.1, 0.15) is 0 Å². The number of aryl methyl sites for hydroxylation is 1. The normalized spacial score (nSPS) is 31.0. The number of hydrogen-bond donors (Lipinski definition) is 2. The van der Waals surface area contributed by atoms with Crippen LogP contribution in [0.15, 0.2) is 24.3 Å². The van der Waals surface area contributed by atoms with Gasteiger partial charge in [0.15, 0.2) is 0 Å². The van der Waals surface area contributed by atoms with Crippen LogP contribution in [0.4, 0.5) is 0 Å². The second-order valence-corrected chi connectivity index (χ2v) is 7.57. The Kier molecular flexibility index (Phi) is 6.77. The van der Waals surface area contributed by atoms with Crippen molar-refractivity contribution in [2.45, 2.75) is 44.8 Å². The van der Waals surface area contributed by atoms with Gasteiger partial charge in [0, 0.05) is 12.1 Å². The molecule has 3 aliphatic heterocycles. The van der Waals surface area contributed by atoms with Crippen molar-refractivity contribution in [1.29, 1.82) is 0 Å². The molecule has 0 aromatic heterocycles. The van der Waals surface area contributed by atoms with Crippen LogP contribution in [0.5, 0.6) is 0 Å². The van der Waals surface area contributed by atoms with Crippen LogP contribution in [0.2, 0.25) is 0 Å². The number of benzene rings is 1. The minimum Gasteiger partial charge on any atom is -0.348 e. The highest BCUT2D eigenvalue weighted by Crippen LogP contribution is 2.46. The second kappa shape index (κ2) is 8.26. The van der Waals surface area contributed by atoms with Crippen LogP contribution >= 0.6 is 24.8 Å². The summed E-state index contributed by atoms with van der Waals surface area (Å²) in [5.74, 6) is 1.72. The summed E-state index contributed by atoms with van der Waals surface area (Å²) in [5.41, 5.74) is 2.43. The van der Waals surface area contributed by atoms with E-state index in [1.807, 2.05) is 0 Å². The molecule has 6 heteroatoms. The molecule has 4 rings (SSSR count). The molecular weight excluding hydrogens is 357 g/mol. The number of amides is 1. The first-order valence-electron chi connectivity index (χ1n) is 8.96. The maximum absolute atomic E-state index is 12.5. The number of carbonyl (C=O) groups is 1. The molecular formula is C19H29Cl2N3O. The van der Waals surface area contributed by atoms with Crippen molar-refractivity contribution in [2.75, 3.05) is 19.6 Å². The molecule has 0 radical (unpaired) electrons. The summed E-state index contributed by atoms with van der Waals surface area (Å²) in [6, 6.07) is 9.75. The Morgan fingerprint density at radius 2 is 1.72 bits per heavy atom. The van der Waals surface area contributed by atoms with E-state index in [0.717, 1.165) is 24.9 Å². The van der Waals surface area contributed by atoms with Crippen LogP contribution in [0.1, 0.15) is 36.9 Å². The van der Waals surface area contributed by atoms with Gasteiger partial charge in [-0.05, 0) is 57.2 Å². The average Bonchev–Trinajstić information content (AvgIpc) is 3.20. The van der Waals surface area contributed by atoms with Crippen LogP contribution in [-0.4, -0.2) is 42.5 Å². The van der Waals surface area contributed by atoms with E-state index in [-0.39, 0.29) is 36.8 Å². The Morgan fingerprint density at radius 3 is 2.28 bits per heavy atom. The molecule has 0 aliphatic carbocycles. The number of fused-ring (bicyclic) bond motifs is 5. The van der Waals surface area contributed by atoms with Crippen LogP contribution in [0, 0.1) is 18.8 Å². The van der Waals surface area contributed by atoms with Gasteiger partial charge in [-0.25, -0.2) is 0 Å². The molecule has 25 heavy (non-hydrogen) atoms. The van der Waals surface area contributed by atoms with Gasteiger partial charge in [-0.15, -0.1) is 24.8 Å². The molecule has 2 bridgehead atoms. The van der Waals surface area contributed by atoms with Crippen LogP contribution in [0.25, 0.3) is 0 Å². The molecule has 3 heterocycles. The molecule has 1 aromatic rings. The van der Waals surface area contributed by atoms with Gasteiger partial charge in [-0.1, -0.05) is 29.8 Å². The van der Waals surface area contributed by atoms with E-state index in [1.165, 1.54) is 24.0 Å². The maximum atomic E-state index is 12.5. The predicted octanol–water partition coefficient (Wildman–Crippen LogP) is 2.70. The molecule has 1 aromatic carbocycles.